The molecule has 2 amide bonds. The summed E-state index contributed by atoms with van der Waals surface area (Å²) in [6.45, 7) is 8.93. The van der Waals surface area contributed by atoms with Crippen molar-refractivity contribution in [3.05, 3.63) is 30.1 Å². The zero-order valence-electron chi connectivity index (χ0n) is 15.6. The molecule has 5 nitrogen and oxygen atoms in total. The zero-order valence-corrected chi connectivity index (χ0v) is 15.6. The Morgan fingerprint density at radius 2 is 2.00 bits per heavy atom. The maximum Gasteiger partial charge on any atom is 0.227 e. The largest absolute Gasteiger partial charge is 0.342 e. The standard InChI is InChI=1S/C20H29N3O2/c1-20(2,3)19(25)23-10-6-16-11-18(24)22(9-7-17(16)14-23)13-15-5-4-8-21-12-15/h4-5,8,12,16-17H,6-7,9-11,13-14H2,1-3H3. The lowest BCUT2D eigenvalue weighted by Gasteiger charge is -2.40. The molecule has 0 saturated carbocycles. The Labute approximate surface area is 150 Å². The lowest BCUT2D eigenvalue weighted by atomic mass is 9.81. The van der Waals surface area contributed by atoms with Crippen LogP contribution in [0.5, 0.6) is 0 Å². The topological polar surface area (TPSA) is 53.5 Å². The van der Waals surface area contributed by atoms with Gasteiger partial charge >= 0.3 is 0 Å². The van der Waals surface area contributed by atoms with Crippen molar-refractivity contribution in [1.29, 1.82) is 0 Å². The van der Waals surface area contributed by atoms with Gasteiger partial charge in [-0.05, 0) is 36.3 Å². The highest BCUT2D eigenvalue weighted by molar-refractivity contribution is 5.81. The van der Waals surface area contributed by atoms with Gasteiger partial charge in [0.05, 0.1) is 0 Å². The summed E-state index contributed by atoms with van der Waals surface area (Å²) in [6, 6.07) is 3.93. The Balaban J connectivity index is 1.65. The van der Waals surface area contributed by atoms with Gasteiger partial charge in [0, 0.05) is 50.4 Å². The molecule has 0 aliphatic carbocycles. The van der Waals surface area contributed by atoms with Gasteiger partial charge in [0.15, 0.2) is 0 Å². The minimum atomic E-state index is -0.334. The first-order valence-electron chi connectivity index (χ1n) is 9.30. The van der Waals surface area contributed by atoms with Crippen LogP contribution in [0.3, 0.4) is 0 Å². The second kappa shape index (κ2) is 7.14. The summed E-state index contributed by atoms with van der Waals surface area (Å²) in [5.41, 5.74) is 0.741. The van der Waals surface area contributed by atoms with Crippen molar-refractivity contribution in [3.8, 4) is 0 Å². The first-order chi connectivity index (χ1) is 11.8. The predicted octanol–water partition coefficient (Wildman–Crippen LogP) is 2.71. The van der Waals surface area contributed by atoms with E-state index in [2.05, 4.69) is 4.98 Å². The van der Waals surface area contributed by atoms with Crippen LogP contribution < -0.4 is 0 Å². The number of aromatic nitrogens is 1. The molecular weight excluding hydrogens is 314 g/mol. The lowest BCUT2D eigenvalue weighted by Crippen LogP contribution is -2.47. The molecule has 1 aromatic heterocycles. The van der Waals surface area contributed by atoms with Crippen LogP contribution in [0.1, 0.15) is 45.6 Å². The number of hydrogen-bond acceptors (Lipinski definition) is 3. The summed E-state index contributed by atoms with van der Waals surface area (Å²) in [6.07, 6.45) is 6.12. The molecule has 136 valence electrons. The van der Waals surface area contributed by atoms with E-state index in [0.717, 1.165) is 38.0 Å². The summed E-state index contributed by atoms with van der Waals surface area (Å²) in [5, 5.41) is 0. The fraction of sp³-hybridized carbons (Fsp3) is 0.650. The third kappa shape index (κ3) is 4.20. The molecular formula is C20H29N3O2. The molecule has 2 aliphatic heterocycles. The van der Waals surface area contributed by atoms with Gasteiger partial charge in [-0.1, -0.05) is 26.8 Å². The van der Waals surface area contributed by atoms with Gasteiger partial charge in [0.2, 0.25) is 11.8 Å². The molecule has 2 atom stereocenters. The van der Waals surface area contributed by atoms with Gasteiger partial charge in [0.25, 0.3) is 0 Å². The van der Waals surface area contributed by atoms with Crippen LogP contribution in [0.25, 0.3) is 0 Å². The number of likely N-dealkylation sites (tertiary alicyclic amines) is 2. The summed E-state index contributed by atoms with van der Waals surface area (Å²) in [5.74, 6) is 1.32. The van der Waals surface area contributed by atoms with Crippen molar-refractivity contribution in [2.75, 3.05) is 19.6 Å². The molecule has 2 saturated heterocycles. The minimum absolute atomic E-state index is 0.230. The first kappa shape index (κ1) is 17.9. The Kier molecular flexibility index (Phi) is 5.11. The molecule has 5 heteroatoms. The summed E-state index contributed by atoms with van der Waals surface area (Å²) >= 11 is 0. The minimum Gasteiger partial charge on any atom is -0.342 e. The number of hydrogen-bond donors (Lipinski definition) is 0. The normalized spacial score (nSPS) is 24.7. The molecule has 2 fully saturated rings. The summed E-state index contributed by atoms with van der Waals surface area (Å²) in [7, 11) is 0. The van der Waals surface area contributed by atoms with E-state index in [9.17, 15) is 9.59 Å². The van der Waals surface area contributed by atoms with E-state index in [1.165, 1.54) is 0 Å². The fourth-order valence-corrected chi connectivity index (χ4v) is 4.01. The zero-order chi connectivity index (χ0) is 18.0. The Bertz CT molecular complexity index is 624. The third-order valence-corrected chi connectivity index (χ3v) is 5.48. The van der Waals surface area contributed by atoms with Crippen molar-refractivity contribution in [2.45, 2.75) is 46.6 Å². The Morgan fingerprint density at radius 3 is 2.68 bits per heavy atom. The van der Waals surface area contributed by atoms with Crippen molar-refractivity contribution in [2.24, 2.45) is 17.3 Å². The molecule has 0 bridgehead atoms. The molecule has 3 rings (SSSR count). The van der Waals surface area contributed by atoms with Crippen LogP contribution in [-0.2, 0) is 16.1 Å². The van der Waals surface area contributed by atoms with Crippen LogP contribution in [0.15, 0.2) is 24.5 Å². The molecule has 0 spiro atoms. The number of fused-ring (bicyclic) bond motifs is 1. The van der Waals surface area contributed by atoms with Gasteiger partial charge in [0.1, 0.15) is 0 Å². The molecule has 2 unspecified atom stereocenters. The van der Waals surface area contributed by atoms with Crippen LogP contribution in [0.2, 0.25) is 0 Å². The van der Waals surface area contributed by atoms with Gasteiger partial charge < -0.3 is 9.80 Å². The van der Waals surface area contributed by atoms with Crippen LogP contribution in [0.4, 0.5) is 0 Å². The third-order valence-electron chi connectivity index (χ3n) is 5.48. The number of nitrogens with zero attached hydrogens (tertiary/aromatic N) is 3. The molecule has 0 N–H and O–H groups in total. The number of piperidine rings is 1. The van der Waals surface area contributed by atoms with Gasteiger partial charge in [-0.15, -0.1) is 0 Å². The van der Waals surface area contributed by atoms with E-state index < -0.39 is 0 Å². The molecule has 1 aromatic rings. The smallest absolute Gasteiger partial charge is 0.227 e. The van der Waals surface area contributed by atoms with Gasteiger partial charge in [-0.3, -0.25) is 14.6 Å². The summed E-state index contributed by atoms with van der Waals surface area (Å²) < 4.78 is 0. The molecule has 0 radical (unpaired) electrons. The summed E-state index contributed by atoms with van der Waals surface area (Å²) in [4.78, 5) is 33.4. The van der Waals surface area contributed by atoms with Gasteiger partial charge in [-0.2, -0.15) is 0 Å². The highest BCUT2D eigenvalue weighted by Gasteiger charge is 2.38. The molecule has 3 heterocycles. The maximum atomic E-state index is 12.7. The van der Waals surface area contributed by atoms with Crippen molar-refractivity contribution < 1.29 is 9.59 Å². The molecule has 2 aliphatic rings. The van der Waals surface area contributed by atoms with Crippen LogP contribution >= 0.6 is 0 Å². The fourth-order valence-electron chi connectivity index (χ4n) is 4.01. The predicted molar refractivity (Wildman–Crippen MR) is 96.5 cm³/mol. The van der Waals surface area contributed by atoms with Crippen molar-refractivity contribution in [1.82, 2.24) is 14.8 Å². The van der Waals surface area contributed by atoms with E-state index in [1.807, 2.05) is 48.9 Å². The average Bonchev–Trinajstić information content (AvgIpc) is 2.73. The average molecular weight is 343 g/mol. The SMILES string of the molecule is CC(C)(C)C(=O)N1CCC2CC(=O)N(Cc3cccnc3)CCC2C1. The Hall–Kier alpha value is -1.91. The highest BCUT2D eigenvalue weighted by atomic mass is 16.2. The second-order valence-corrected chi connectivity index (χ2v) is 8.48. The number of carbonyl (C=O) groups is 2. The monoisotopic (exact) mass is 343 g/mol. The van der Waals surface area contributed by atoms with E-state index in [0.29, 0.717) is 24.8 Å². The molecule has 25 heavy (non-hydrogen) atoms. The number of rotatable bonds is 2. The van der Waals surface area contributed by atoms with Crippen LogP contribution in [-0.4, -0.2) is 46.2 Å². The first-order valence-corrected chi connectivity index (χ1v) is 9.30. The second-order valence-electron chi connectivity index (χ2n) is 8.48. The quantitative estimate of drug-likeness (QED) is 0.830. The van der Waals surface area contributed by atoms with Crippen molar-refractivity contribution in [3.63, 3.8) is 0 Å². The van der Waals surface area contributed by atoms with Gasteiger partial charge in [-0.25, -0.2) is 0 Å². The highest BCUT2D eigenvalue weighted by Crippen LogP contribution is 2.34. The van der Waals surface area contributed by atoms with Crippen molar-refractivity contribution >= 4 is 11.8 Å². The molecule has 0 aromatic carbocycles. The number of pyridine rings is 1. The lowest BCUT2D eigenvalue weighted by molar-refractivity contribution is -0.142. The number of amides is 2. The van der Waals surface area contributed by atoms with E-state index in [4.69, 9.17) is 0 Å². The van der Waals surface area contributed by atoms with E-state index in [1.54, 1.807) is 6.20 Å². The van der Waals surface area contributed by atoms with E-state index >= 15 is 0 Å². The Morgan fingerprint density at radius 1 is 1.24 bits per heavy atom. The van der Waals surface area contributed by atoms with E-state index in [-0.39, 0.29) is 17.2 Å². The maximum absolute atomic E-state index is 12.7. The number of carbonyl (C=O) groups excluding carboxylic acids is 2. The van der Waals surface area contributed by atoms with Crippen LogP contribution in [0, 0.1) is 17.3 Å².